The number of fused-ring (bicyclic) bond motifs is 2. The van der Waals surface area contributed by atoms with Crippen molar-refractivity contribution in [3.63, 3.8) is 0 Å². The number of nitrogens with one attached hydrogen (secondary N) is 1. The van der Waals surface area contributed by atoms with Gasteiger partial charge >= 0.3 is 5.97 Å². The van der Waals surface area contributed by atoms with E-state index in [1.54, 1.807) is 0 Å². The van der Waals surface area contributed by atoms with Crippen LogP contribution < -0.4 is 5.48 Å². The first kappa shape index (κ1) is 12.1. The summed E-state index contributed by atoms with van der Waals surface area (Å²) in [6.45, 7) is 0. The van der Waals surface area contributed by atoms with Gasteiger partial charge in [-0.1, -0.05) is 19.3 Å². The van der Waals surface area contributed by atoms with Crippen LogP contribution in [0.2, 0.25) is 0 Å². The van der Waals surface area contributed by atoms with E-state index in [0.29, 0.717) is 0 Å². The van der Waals surface area contributed by atoms with Crippen LogP contribution in [0.25, 0.3) is 0 Å². The molecule has 0 aromatic heterocycles. The minimum absolute atomic E-state index is 0.107. The molecule has 2 saturated carbocycles. The molecule has 5 heteroatoms. The molecule has 0 aromatic rings. The highest BCUT2D eigenvalue weighted by Gasteiger charge is 2.67. The second-order valence-electron chi connectivity index (χ2n) is 6.35. The van der Waals surface area contributed by atoms with Gasteiger partial charge in [0.25, 0.3) is 5.79 Å². The van der Waals surface area contributed by atoms with E-state index in [4.69, 9.17) is 14.3 Å². The summed E-state index contributed by atoms with van der Waals surface area (Å²) in [7, 11) is 0. The van der Waals surface area contributed by atoms with Gasteiger partial charge in [0.05, 0.1) is 0 Å². The van der Waals surface area contributed by atoms with Crippen molar-refractivity contribution in [2.24, 2.45) is 5.92 Å². The Morgan fingerprint density at radius 1 is 1.05 bits per heavy atom. The van der Waals surface area contributed by atoms with Crippen molar-refractivity contribution in [3.05, 3.63) is 0 Å². The molecule has 4 fully saturated rings. The van der Waals surface area contributed by atoms with Gasteiger partial charge in [-0.3, -0.25) is 9.57 Å². The summed E-state index contributed by atoms with van der Waals surface area (Å²) in [4.78, 5) is 18.1. The molecule has 0 radical (unpaired) electrons. The van der Waals surface area contributed by atoms with Crippen molar-refractivity contribution in [1.82, 2.24) is 5.48 Å². The lowest BCUT2D eigenvalue weighted by molar-refractivity contribution is -0.282. The third kappa shape index (κ3) is 1.68. The highest BCUT2D eigenvalue weighted by molar-refractivity contribution is 5.81. The van der Waals surface area contributed by atoms with E-state index >= 15 is 0 Å². The average Bonchev–Trinajstić information content (AvgIpc) is 2.92. The zero-order valence-corrected chi connectivity index (χ0v) is 11.2. The minimum Gasteiger partial charge on any atom is -0.429 e. The number of hydrogen-bond acceptors (Lipinski definition) is 5. The van der Waals surface area contributed by atoms with Gasteiger partial charge in [-0.2, -0.15) is 5.48 Å². The van der Waals surface area contributed by atoms with Crippen LogP contribution in [0, 0.1) is 5.92 Å². The molecular weight excluding hydrogens is 246 g/mol. The van der Waals surface area contributed by atoms with Gasteiger partial charge in [0, 0.05) is 24.8 Å². The molecule has 2 unspecified atom stereocenters. The molecule has 3 atom stereocenters. The third-order valence-corrected chi connectivity index (χ3v) is 5.13. The van der Waals surface area contributed by atoms with Crippen LogP contribution in [0.5, 0.6) is 0 Å². The number of hydrogen-bond donors (Lipinski definition) is 1. The maximum absolute atomic E-state index is 12.4. The molecule has 2 aliphatic carbocycles. The van der Waals surface area contributed by atoms with Crippen molar-refractivity contribution in [2.45, 2.75) is 75.4 Å². The van der Waals surface area contributed by atoms with Gasteiger partial charge in [0.1, 0.15) is 0 Å². The first-order valence-corrected chi connectivity index (χ1v) is 7.61. The first-order valence-electron chi connectivity index (χ1n) is 7.61. The van der Waals surface area contributed by atoms with E-state index in [0.717, 1.165) is 44.9 Å². The molecular formula is C14H21NO4. The van der Waals surface area contributed by atoms with Crippen LogP contribution in [0.4, 0.5) is 0 Å². The van der Waals surface area contributed by atoms with E-state index in [1.807, 2.05) is 0 Å². The summed E-state index contributed by atoms with van der Waals surface area (Å²) < 4.78 is 11.8. The summed E-state index contributed by atoms with van der Waals surface area (Å²) in [5, 5.41) is 0. The Morgan fingerprint density at radius 2 is 1.84 bits per heavy atom. The maximum atomic E-state index is 12.4. The van der Waals surface area contributed by atoms with Crippen molar-refractivity contribution < 1.29 is 19.1 Å². The molecule has 2 heterocycles. The second kappa shape index (κ2) is 4.17. The third-order valence-electron chi connectivity index (χ3n) is 5.13. The highest BCUT2D eigenvalue weighted by Crippen LogP contribution is 2.51. The molecule has 0 amide bonds. The quantitative estimate of drug-likeness (QED) is 0.680. The zero-order chi connectivity index (χ0) is 12.9. The SMILES string of the molecule is O=C1OC2(CCCCC2)OC12ON[C@H]1CCCCC12. The molecule has 106 valence electrons. The molecule has 4 rings (SSSR count). The zero-order valence-electron chi connectivity index (χ0n) is 11.2. The van der Waals surface area contributed by atoms with Crippen molar-refractivity contribution in [2.75, 3.05) is 0 Å². The predicted octanol–water partition coefficient (Wildman–Crippen LogP) is 2.01. The van der Waals surface area contributed by atoms with E-state index in [9.17, 15) is 4.79 Å². The van der Waals surface area contributed by atoms with Gasteiger partial charge in [-0.15, -0.1) is 0 Å². The summed E-state index contributed by atoms with van der Waals surface area (Å²) in [5.41, 5.74) is 3.02. The van der Waals surface area contributed by atoms with Crippen LogP contribution in [0.3, 0.4) is 0 Å². The Kier molecular flexibility index (Phi) is 2.66. The fraction of sp³-hybridized carbons (Fsp3) is 0.929. The van der Waals surface area contributed by atoms with Crippen LogP contribution in [-0.2, 0) is 19.1 Å². The molecule has 1 N–H and O–H groups in total. The number of ether oxygens (including phenoxy) is 2. The lowest BCUT2D eigenvalue weighted by atomic mass is 9.80. The van der Waals surface area contributed by atoms with Gasteiger partial charge in [-0.05, 0) is 25.7 Å². The standard InChI is InChI=1S/C14H21NO4/c16-12-14(10-6-2-3-7-11(10)15-19-14)18-13(17-12)8-4-1-5-9-13/h10-11,15H,1-9H2/t10?,11-,14?/m0/s1. The largest absolute Gasteiger partial charge is 0.429 e. The lowest BCUT2D eigenvalue weighted by Crippen LogP contribution is -2.46. The Labute approximate surface area is 112 Å². The number of carbonyl (C=O) groups excluding carboxylic acids is 1. The van der Waals surface area contributed by atoms with Crippen molar-refractivity contribution in [1.29, 1.82) is 0 Å². The molecule has 2 saturated heterocycles. The number of hydroxylamine groups is 1. The van der Waals surface area contributed by atoms with Gasteiger partial charge in [-0.25, -0.2) is 4.79 Å². The van der Waals surface area contributed by atoms with Crippen LogP contribution in [-0.4, -0.2) is 23.6 Å². The van der Waals surface area contributed by atoms with Crippen molar-refractivity contribution in [3.8, 4) is 0 Å². The van der Waals surface area contributed by atoms with Crippen LogP contribution in [0.15, 0.2) is 0 Å². The second-order valence-corrected chi connectivity index (χ2v) is 6.35. The summed E-state index contributed by atoms with van der Waals surface area (Å²) >= 11 is 0. The summed E-state index contributed by atoms with van der Waals surface area (Å²) in [6.07, 6.45) is 9.28. The van der Waals surface area contributed by atoms with Crippen LogP contribution in [0.1, 0.15) is 57.8 Å². The molecule has 0 bridgehead atoms. The molecule has 19 heavy (non-hydrogen) atoms. The van der Waals surface area contributed by atoms with Gasteiger partial charge in [0.2, 0.25) is 5.79 Å². The van der Waals surface area contributed by atoms with E-state index in [2.05, 4.69) is 5.48 Å². The monoisotopic (exact) mass is 267 g/mol. The van der Waals surface area contributed by atoms with Crippen molar-refractivity contribution >= 4 is 5.97 Å². The van der Waals surface area contributed by atoms with Gasteiger partial charge < -0.3 is 4.74 Å². The fourth-order valence-corrected chi connectivity index (χ4v) is 4.13. The minimum atomic E-state index is -1.16. The molecule has 2 spiro atoms. The smallest absolute Gasteiger partial charge is 0.371 e. The van der Waals surface area contributed by atoms with E-state index in [1.165, 1.54) is 12.8 Å². The average molecular weight is 267 g/mol. The highest BCUT2D eigenvalue weighted by atomic mass is 16.9. The fourth-order valence-electron chi connectivity index (χ4n) is 4.13. The Hall–Kier alpha value is -0.650. The predicted molar refractivity (Wildman–Crippen MR) is 65.7 cm³/mol. The summed E-state index contributed by atoms with van der Waals surface area (Å²) in [6, 6.07) is 0.236. The molecule has 4 aliphatic rings. The molecule has 2 aliphatic heterocycles. The lowest BCUT2D eigenvalue weighted by Gasteiger charge is -2.33. The van der Waals surface area contributed by atoms with E-state index < -0.39 is 11.6 Å². The number of carbonyl (C=O) groups is 1. The Balaban J connectivity index is 1.62. The first-order chi connectivity index (χ1) is 9.24. The normalized spacial score (nSPS) is 44.5. The summed E-state index contributed by atoms with van der Waals surface area (Å²) in [5.74, 6) is -2.07. The van der Waals surface area contributed by atoms with E-state index in [-0.39, 0.29) is 17.9 Å². The van der Waals surface area contributed by atoms with Gasteiger partial charge in [0.15, 0.2) is 0 Å². The number of esters is 1. The van der Waals surface area contributed by atoms with Crippen LogP contribution >= 0.6 is 0 Å². The molecule has 5 nitrogen and oxygen atoms in total. The Morgan fingerprint density at radius 3 is 2.68 bits per heavy atom. The number of rotatable bonds is 0. The molecule has 0 aromatic carbocycles. The maximum Gasteiger partial charge on any atom is 0.371 e. The Bertz CT molecular complexity index is 393. The topological polar surface area (TPSA) is 56.8 Å².